The van der Waals surface area contributed by atoms with Gasteiger partial charge in [0, 0.05) is 101 Å². The summed E-state index contributed by atoms with van der Waals surface area (Å²) in [5.41, 5.74) is 29.8. The number of nitrogens with zero attached hydrogens (tertiary/aromatic N) is 2. The van der Waals surface area contributed by atoms with Gasteiger partial charge in [0.15, 0.2) is 28.3 Å². The van der Waals surface area contributed by atoms with Gasteiger partial charge in [-0.15, -0.1) is 0 Å². The zero-order valence-corrected chi connectivity index (χ0v) is 76.0. The molecule has 132 heavy (non-hydrogen) atoms. The number of rotatable bonds is 11. The molecule has 4 heterocycles. The van der Waals surface area contributed by atoms with Crippen LogP contribution in [0.15, 0.2) is 436 Å². The molecular weight excluding hydrogens is 1770 g/mol. The topological polar surface area (TPSA) is 122 Å². The second-order valence-corrected chi connectivity index (χ2v) is 33.1. The third-order valence-electron chi connectivity index (χ3n) is 24.3. The van der Waals surface area contributed by atoms with E-state index in [4.69, 9.17) is 18.0 Å². The van der Waals surface area contributed by atoms with Crippen molar-refractivity contribution in [2.24, 2.45) is 0 Å². The van der Waals surface area contributed by atoms with Crippen molar-refractivity contribution in [1.29, 1.82) is 0 Å². The minimum Gasteiger partial charge on any atom is -1.00 e. The smallest absolute Gasteiger partial charge is 1.00 e. The summed E-state index contributed by atoms with van der Waals surface area (Å²) in [6, 6.07) is 142. The molecule has 0 bridgehead atoms. The Labute approximate surface area is 804 Å². The van der Waals surface area contributed by atoms with Gasteiger partial charge in [0.2, 0.25) is 0 Å². The Morgan fingerprint density at radius 3 is 1.15 bits per heavy atom. The van der Waals surface area contributed by atoms with E-state index in [0.29, 0.717) is 0 Å². The molecular formula is C119H93Br2MgN3O7. The maximum atomic E-state index is 13.5. The third kappa shape index (κ3) is 17.4. The first-order valence-electron chi connectivity index (χ1n) is 42.8. The van der Waals surface area contributed by atoms with E-state index in [9.17, 15) is 14.7 Å². The van der Waals surface area contributed by atoms with Crippen molar-refractivity contribution in [3.63, 3.8) is 0 Å². The minimum atomic E-state index is -1.09. The fourth-order valence-corrected chi connectivity index (χ4v) is 18.6. The predicted octanol–water partition coefficient (Wildman–Crippen LogP) is 29.7. The van der Waals surface area contributed by atoms with E-state index in [2.05, 4.69) is 286 Å². The van der Waals surface area contributed by atoms with E-state index in [1.807, 2.05) is 171 Å². The number of ketones is 2. The minimum absolute atomic E-state index is 0. The van der Waals surface area contributed by atoms with Gasteiger partial charge < -0.3 is 62.6 Å². The van der Waals surface area contributed by atoms with Crippen LogP contribution in [0, 0.1) is 7.43 Å². The summed E-state index contributed by atoms with van der Waals surface area (Å²) in [4.78, 5) is 29.9. The molecule has 21 aromatic rings. The van der Waals surface area contributed by atoms with Gasteiger partial charge in [-0.2, -0.15) is 0 Å². The Hall–Kier alpha value is -14.3. The molecule has 0 saturated carbocycles. The maximum absolute atomic E-state index is 13.5. The molecule has 0 amide bonds. The van der Waals surface area contributed by atoms with Crippen molar-refractivity contribution in [2.75, 3.05) is 28.3 Å². The number of nitrogens with one attached hydrogen (secondary N) is 1. The predicted molar refractivity (Wildman–Crippen MR) is 548 cm³/mol. The first-order chi connectivity index (χ1) is 62.5. The molecule has 2 N–H and O–H groups in total. The molecule has 1 aliphatic heterocycles. The molecule has 3 aromatic heterocycles. The SMILES string of the molecule is C.C.C1CCOC1.CC1(O)c2ccccc2-c2ccc(N(c3cccc(-c4ccccc4)c3)c3cccc4c3oc3ccccc34)cc21.O=C1c2ccccc2-c2ccc(Br)cc21.O=C1c2ccccc2-c2ccc(N(c3cccc(-c4ccccc4)c3)c3cccc4c3oc3ccccc34)cc21.[Br-].[CH3-].[Mg+2].c1ccc(-c2cccc(Nc3cccc4c3oc3ccccc34)c2)cc1. The Bertz CT molecular complexity index is 7790. The molecule has 1 fully saturated rings. The van der Waals surface area contributed by atoms with Crippen molar-refractivity contribution in [3.8, 4) is 66.8 Å². The van der Waals surface area contributed by atoms with Crippen LogP contribution in [0.25, 0.3) is 133 Å². The van der Waals surface area contributed by atoms with Gasteiger partial charge in [0.1, 0.15) is 22.4 Å². The number of benzene rings is 18. The van der Waals surface area contributed by atoms with Crippen LogP contribution >= 0.6 is 15.9 Å². The average Bonchev–Trinajstić information content (AvgIpc) is 1.57. The summed E-state index contributed by atoms with van der Waals surface area (Å²) >= 11 is 3.38. The van der Waals surface area contributed by atoms with Crippen LogP contribution < -0.4 is 32.1 Å². The largest absolute Gasteiger partial charge is 2.00 e. The maximum Gasteiger partial charge on any atom is 2.00 e. The normalized spacial score (nSPS) is 13.0. The van der Waals surface area contributed by atoms with E-state index in [0.717, 1.165) is 218 Å². The molecule has 1 unspecified atom stereocenters. The number of hydrogen-bond donors (Lipinski definition) is 2. The van der Waals surface area contributed by atoms with E-state index in [1.54, 1.807) is 0 Å². The Kier molecular flexibility index (Phi) is 27.3. The standard InChI is InChI=1S/C38H27NO2.C37H23NO2.C24H17NO.C13H7BrO.C4H8O.2CH4.CH3.BrH.Mg/c1-38(40)33-18-7-5-15-29(33)30-22-21-28(24-34(30)38)39(27-14-9-13-26(23-27)25-11-3-2-4-12-25)35-19-10-17-32-31-16-6-8-20-36(31)41-37(32)35;39-36-31-16-5-4-14-28(31)29-21-20-27(23-33(29)36)38(26-13-8-12-25(22-26)24-10-2-1-3-11-24)34-18-9-17-32-30-15-6-7-19-35(30)40-37(32)34;1-2-8-17(9-3-1)18-10-6-11-19(16-18)25-22-14-7-13-21-20-12-4-5-15-23(20)26-24(21)22;14-8-5-6-10-9-3-1-2-4-11(9)13(15)12(10)7-8;1-2-4-5-3-1;;;;;/h2-24,40H,1H3;1-23H;1-16,25H;1-7H;1-4H2;2*1H4;1H3;1H;/q;;;;;;;-1;;+2/p-1. The van der Waals surface area contributed by atoms with Crippen LogP contribution in [-0.4, -0.2) is 52.9 Å². The van der Waals surface area contributed by atoms with Crippen molar-refractivity contribution in [2.45, 2.75) is 40.2 Å². The first-order valence-corrected chi connectivity index (χ1v) is 43.6. The third-order valence-corrected chi connectivity index (χ3v) is 24.8. The van der Waals surface area contributed by atoms with Gasteiger partial charge in [-0.1, -0.05) is 340 Å². The number of para-hydroxylation sites is 6. The molecule has 25 rings (SSSR count). The number of ether oxygens (including phenoxy) is 1. The molecule has 3 aliphatic carbocycles. The zero-order chi connectivity index (χ0) is 85.5. The van der Waals surface area contributed by atoms with E-state index >= 15 is 0 Å². The van der Waals surface area contributed by atoms with Crippen LogP contribution in [0.5, 0.6) is 0 Å². The number of fused-ring (bicyclic) bond motifs is 18. The van der Waals surface area contributed by atoms with Crippen molar-refractivity contribution in [3.05, 3.63) is 464 Å². The summed E-state index contributed by atoms with van der Waals surface area (Å²) in [7, 11) is 0. The monoisotopic (exact) mass is 1860 g/mol. The molecule has 13 heteroatoms. The van der Waals surface area contributed by atoms with Gasteiger partial charge in [-0.25, -0.2) is 0 Å². The average molecular weight is 1860 g/mol. The number of hydrogen-bond acceptors (Lipinski definition) is 10. The van der Waals surface area contributed by atoms with Crippen LogP contribution in [0.3, 0.4) is 0 Å². The molecule has 0 radical (unpaired) electrons. The van der Waals surface area contributed by atoms with Crippen molar-refractivity contribution in [1.82, 2.24) is 0 Å². The molecule has 18 aromatic carbocycles. The van der Waals surface area contributed by atoms with Crippen LogP contribution in [-0.2, 0) is 10.3 Å². The van der Waals surface area contributed by atoms with Crippen molar-refractivity contribution < 1.29 is 49.7 Å². The second-order valence-electron chi connectivity index (χ2n) is 32.2. The Morgan fingerprint density at radius 2 is 0.659 bits per heavy atom. The number of aliphatic hydroxyl groups is 1. The van der Waals surface area contributed by atoms with Gasteiger partial charge in [-0.05, 0) is 207 Å². The van der Waals surface area contributed by atoms with E-state index in [1.165, 1.54) is 24.0 Å². The summed E-state index contributed by atoms with van der Waals surface area (Å²) in [6.45, 7) is 3.89. The van der Waals surface area contributed by atoms with Gasteiger partial charge in [0.05, 0.1) is 17.1 Å². The Balaban J connectivity index is 0.000000130. The quantitative estimate of drug-likeness (QED) is 0.0956. The summed E-state index contributed by atoms with van der Waals surface area (Å²) in [5.74, 6) is 0.189. The Morgan fingerprint density at radius 1 is 0.311 bits per heavy atom. The zero-order valence-electron chi connectivity index (χ0n) is 71.4. The second kappa shape index (κ2) is 39.6. The number of carbonyl (C=O) groups excluding carboxylic acids is 2. The summed E-state index contributed by atoms with van der Waals surface area (Å²) in [5, 5.41) is 21.9. The number of halogens is 2. The van der Waals surface area contributed by atoms with Crippen molar-refractivity contribution >= 4 is 162 Å². The molecule has 1 atom stereocenters. The number of furan rings is 3. The summed E-state index contributed by atoms with van der Waals surface area (Å²) < 4.78 is 25.0. The van der Waals surface area contributed by atoms with Gasteiger partial charge >= 0.3 is 23.1 Å². The number of carbonyl (C=O) groups is 2. The molecule has 642 valence electrons. The molecule has 1 saturated heterocycles. The van der Waals surface area contributed by atoms with Crippen LogP contribution in [0.1, 0.15) is 77.6 Å². The molecule has 4 aliphatic rings. The van der Waals surface area contributed by atoms with Crippen LogP contribution in [0.4, 0.5) is 45.5 Å². The van der Waals surface area contributed by atoms with Crippen LogP contribution in [0.2, 0.25) is 0 Å². The number of anilines is 8. The molecule has 0 spiro atoms. The van der Waals surface area contributed by atoms with Gasteiger partial charge in [0.25, 0.3) is 0 Å². The van der Waals surface area contributed by atoms with E-state index < -0.39 is 5.60 Å². The molecule has 10 nitrogen and oxygen atoms in total. The first kappa shape index (κ1) is 91.1. The van der Waals surface area contributed by atoms with Gasteiger partial charge in [-0.3, -0.25) is 9.59 Å². The fraction of sp³-hybridized carbons (Fsp3) is 0.0672. The van der Waals surface area contributed by atoms with E-state index in [-0.39, 0.29) is 73.9 Å². The summed E-state index contributed by atoms with van der Waals surface area (Å²) in [6.07, 6.45) is 2.56. The fourth-order valence-electron chi connectivity index (χ4n) is 18.3.